The van der Waals surface area contributed by atoms with Crippen molar-refractivity contribution in [2.45, 2.75) is 104 Å². The average Bonchev–Trinajstić information content (AvgIpc) is 3.74. The third-order valence-corrected chi connectivity index (χ3v) is 8.14. The van der Waals surface area contributed by atoms with E-state index < -0.39 is 24.0 Å². The number of benzene rings is 1. The SMILES string of the molecule is CCC(=O)NCCN1C(=O)C2(CC2)Oc2cc(C)c(C(=O)N(C(C)C)[C@@H]3CCCN(C(=O)OC(C)OC(=O)CC)C3)cc21. The van der Waals surface area contributed by atoms with E-state index in [0.717, 1.165) is 5.56 Å². The maximum atomic E-state index is 14.2. The lowest BCUT2D eigenvalue weighted by atomic mass is 9.98. The largest absolute Gasteiger partial charge is 0.475 e. The molecule has 4 amide bonds. The summed E-state index contributed by atoms with van der Waals surface area (Å²) < 4.78 is 16.6. The molecule has 3 aliphatic rings. The highest BCUT2D eigenvalue weighted by molar-refractivity contribution is 6.06. The minimum absolute atomic E-state index is 0.101. The molecule has 0 radical (unpaired) electrons. The summed E-state index contributed by atoms with van der Waals surface area (Å²) >= 11 is 0. The van der Waals surface area contributed by atoms with Crippen LogP contribution in [0, 0.1) is 6.92 Å². The fraction of sp³-hybridized carbons (Fsp3) is 0.645. The Hall–Kier alpha value is -3.83. The summed E-state index contributed by atoms with van der Waals surface area (Å²) in [4.78, 5) is 68.9. The number of nitrogens with zero attached hydrogens (tertiary/aromatic N) is 3. The van der Waals surface area contributed by atoms with Gasteiger partial charge in [-0.1, -0.05) is 13.8 Å². The molecule has 2 fully saturated rings. The molecule has 2 aliphatic heterocycles. The molecule has 1 aromatic rings. The first kappa shape index (κ1) is 32.1. The summed E-state index contributed by atoms with van der Waals surface area (Å²) in [7, 11) is 0. The van der Waals surface area contributed by atoms with Crippen molar-refractivity contribution in [3.05, 3.63) is 23.3 Å². The number of piperidine rings is 1. The molecule has 0 bridgehead atoms. The minimum atomic E-state index is -1.01. The zero-order valence-electron chi connectivity index (χ0n) is 26.1. The number of ether oxygens (including phenoxy) is 3. The first-order chi connectivity index (χ1) is 20.4. The summed E-state index contributed by atoms with van der Waals surface area (Å²) in [6.45, 7) is 11.9. The molecule has 12 nitrogen and oxygen atoms in total. The standard InChI is InChI=1S/C31H44N4O8/c1-7-26(36)32-13-15-34-24-17-23(20(5)16-25(24)43-31(11-12-31)29(34)39)28(38)35(19(3)4)22-10-9-14-33(18-22)30(40)42-21(6)41-27(37)8-2/h16-17,19,21-22H,7-15,18H2,1-6H3,(H,32,36)/t21?,22-/m1/s1. The van der Waals surface area contributed by atoms with Crippen LogP contribution in [-0.4, -0.2) is 89.7 Å². The molecule has 1 saturated heterocycles. The fourth-order valence-electron chi connectivity index (χ4n) is 5.70. The second kappa shape index (κ2) is 13.2. The number of hydrogen-bond acceptors (Lipinski definition) is 8. The Bertz CT molecular complexity index is 1260. The predicted molar refractivity (Wildman–Crippen MR) is 158 cm³/mol. The van der Waals surface area contributed by atoms with Crippen LogP contribution in [0.2, 0.25) is 0 Å². The Morgan fingerprint density at radius 2 is 1.84 bits per heavy atom. The molecule has 1 saturated carbocycles. The maximum absolute atomic E-state index is 14.2. The summed E-state index contributed by atoms with van der Waals surface area (Å²) in [6, 6.07) is 3.08. The minimum Gasteiger partial charge on any atom is -0.475 e. The number of hydrogen-bond donors (Lipinski definition) is 1. The van der Waals surface area contributed by atoms with Gasteiger partial charge in [-0.3, -0.25) is 19.2 Å². The van der Waals surface area contributed by atoms with E-state index in [0.29, 0.717) is 55.6 Å². The lowest BCUT2D eigenvalue weighted by molar-refractivity contribution is -0.166. The number of carbonyl (C=O) groups is 5. The highest BCUT2D eigenvalue weighted by Gasteiger charge is 2.58. The van der Waals surface area contributed by atoms with Gasteiger partial charge >= 0.3 is 12.1 Å². The molecular formula is C31H44N4O8. The molecule has 43 heavy (non-hydrogen) atoms. The van der Waals surface area contributed by atoms with Gasteiger partial charge in [0, 0.05) is 70.4 Å². The van der Waals surface area contributed by atoms with Crippen molar-refractivity contribution in [1.29, 1.82) is 0 Å². The van der Waals surface area contributed by atoms with E-state index in [2.05, 4.69) is 5.32 Å². The topological polar surface area (TPSA) is 135 Å². The second-order valence-corrected chi connectivity index (χ2v) is 11.7. The first-order valence-electron chi connectivity index (χ1n) is 15.3. The molecular weight excluding hydrogens is 556 g/mol. The van der Waals surface area contributed by atoms with E-state index in [-0.39, 0.29) is 55.9 Å². The van der Waals surface area contributed by atoms with E-state index in [1.165, 1.54) is 6.92 Å². The smallest absolute Gasteiger partial charge is 0.412 e. The van der Waals surface area contributed by atoms with Crippen molar-refractivity contribution in [2.75, 3.05) is 31.1 Å². The molecule has 1 unspecified atom stereocenters. The number of likely N-dealkylation sites (tertiary alicyclic amines) is 1. The number of anilines is 1. The molecule has 1 aliphatic carbocycles. The number of rotatable bonds is 10. The normalized spacial score (nSPS) is 19.3. The van der Waals surface area contributed by atoms with Gasteiger partial charge in [0.25, 0.3) is 11.8 Å². The Labute approximate surface area is 253 Å². The molecule has 1 N–H and O–H groups in total. The highest BCUT2D eigenvalue weighted by atomic mass is 16.7. The summed E-state index contributed by atoms with van der Waals surface area (Å²) in [5.74, 6) is -0.379. The van der Waals surface area contributed by atoms with Crippen molar-refractivity contribution in [3.63, 3.8) is 0 Å². The molecule has 2 atom stereocenters. The predicted octanol–water partition coefficient (Wildman–Crippen LogP) is 3.53. The van der Waals surface area contributed by atoms with Crippen LogP contribution >= 0.6 is 0 Å². The van der Waals surface area contributed by atoms with Crippen molar-refractivity contribution < 1.29 is 38.2 Å². The van der Waals surface area contributed by atoms with E-state index in [9.17, 15) is 24.0 Å². The van der Waals surface area contributed by atoms with Gasteiger partial charge in [-0.15, -0.1) is 0 Å². The van der Waals surface area contributed by atoms with Crippen molar-refractivity contribution in [1.82, 2.24) is 15.1 Å². The van der Waals surface area contributed by atoms with Gasteiger partial charge in [-0.05, 0) is 51.3 Å². The quantitative estimate of drug-likeness (QED) is 0.318. The Morgan fingerprint density at radius 1 is 1.12 bits per heavy atom. The van der Waals surface area contributed by atoms with E-state index in [4.69, 9.17) is 14.2 Å². The zero-order chi connectivity index (χ0) is 31.5. The molecule has 1 aromatic carbocycles. The van der Waals surface area contributed by atoms with Gasteiger partial charge in [0.1, 0.15) is 5.75 Å². The second-order valence-electron chi connectivity index (χ2n) is 11.7. The molecule has 1 spiro atoms. The summed E-state index contributed by atoms with van der Waals surface area (Å²) in [5.41, 5.74) is 0.807. The van der Waals surface area contributed by atoms with Crippen LogP contribution in [0.25, 0.3) is 0 Å². The van der Waals surface area contributed by atoms with Crippen molar-refractivity contribution >= 4 is 35.5 Å². The van der Waals surface area contributed by atoms with Gasteiger partial charge in [0.2, 0.25) is 12.2 Å². The maximum Gasteiger partial charge on any atom is 0.412 e. The lowest BCUT2D eigenvalue weighted by Crippen LogP contribution is -2.54. The van der Waals surface area contributed by atoms with Crippen LogP contribution in [0.1, 0.15) is 89.1 Å². The molecule has 236 valence electrons. The van der Waals surface area contributed by atoms with Crippen LogP contribution < -0.4 is 15.0 Å². The van der Waals surface area contributed by atoms with Crippen molar-refractivity contribution in [2.24, 2.45) is 0 Å². The lowest BCUT2D eigenvalue weighted by Gasteiger charge is -2.41. The third kappa shape index (κ3) is 7.05. The van der Waals surface area contributed by atoms with Crippen LogP contribution in [0.3, 0.4) is 0 Å². The summed E-state index contributed by atoms with van der Waals surface area (Å²) in [5, 5.41) is 2.82. The Kier molecular flexibility index (Phi) is 9.86. The number of amides is 4. The Morgan fingerprint density at radius 3 is 2.47 bits per heavy atom. The van der Waals surface area contributed by atoms with Crippen LogP contribution in [0.15, 0.2) is 12.1 Å². The van der Waals surface area contributed by atoms with Crippen molar-refractivity contribution in [3.8, 4) is 5.75 Å². The van der Waals surface area contributed by atoms with Gasteiger partial charge in [0.05, 0.1) is 11.7 Å². The van der Waals surface area contributed by atoms with E-state index in [1.807, 2.05) is 26.8 Å². The number of nitrogens with one attached hydrogen (secondary N) is 1. The molecule has 0 aromatic heterocycles. The molecule has 2 heterocycles. The fourth-order valence-corrected chi connectivity index (χ4v) is 5.70. The van der Waals surface area contributed by atoms with Gasteiger partial charge < -0.3 is 34.2 Å². The number of aryl methyl sites for hydroxylation is 1. The van der Waals surface area contributed by atoms with Crippen LogP contribution in [0.4, 0.5) is 10.5 Å². The molecule has 4 rings (SSSR count). The first-order valence-corrected chi connectivity index (χ1v) is 15.3. The number of esters is 1. The van der Waals surface area contributed by atoms with Crippen LogP contribution in [-0.2, 0) is 23.9 Å². The van der Waals surface area contributed by atoms with Gasteiger partial charge in [0.15, 0.2) is 5.60 Å². The monoisotopic (exact) mass is 600 g/mol. The average molecular weight is 601 g/mol. The Balaban J connectivity index is 1.55. The number of fused-ring (bicyclic) bond motifs is 1. The highest BCUT2D eigenvalue weighted by Crippen LogP contribution is 2.50. The summed E-state index contributed by atoms with van der Waals surface area (Å²) in [6.07, 6.45) is 1.54. The van der Waals surface area contributed by atoms with Gasteiger partial charge in [-0.2, -0.15) is 0 Å². The molecule has 12 heteroatoms. The van der Waals surface area contributed by atoms with Gasteiger partial charge in [-0.25, -0.2) is 4.79 Å². The van der Waals surface area contributed by atoms with Crippen LogP contribution in [0.5, 0.6) is 5.75 Å². The zero-order valence-corrected chi connectivity index (χ0v) is 26.1. The number of carbonyl (C=O) groups excluding carboxylic acids is 5. The third-order valence-electron chi connectivity index (χ3n) is 8.14. The van der Waals surface area contributed by atoms with E-state index in [1.54, 1.807) is 34.6 Å². The van der Waals surface area contributed by atoms with E-state index >= 15 is 0 Å².